The second-order valence-corrected chi connectivity index (χ2v) is 8.88. The molecule has 0 bridgehead atoms. The van der Waals surface area contributed by atoms with Crippen molar-refractivity contribution in [1.29, 1.82) is 0 Å². The molecule has 34 heavy (non-hydrogen) atoms. The third-order valence-electron chi connectivity index (χ3n) is 6.72. The number of pyridine rings is 1. The second kappa shape index (κ2) is 8.79. The zero-order valence-corrected chi connectivity index (χ0v) is 18.9. The van der Waals surface area contributed by atoms with Crippen LogP contribution in [0.4, 0.5) is 17.2 Å². The second-order valence-electron chi connectivity index (χ2n) is 8.88. The van der Waals surface area contributed by atoms with Crippen molar-refractivity contribution in [1.82, 2.24) is 24.3 Å². The maximum absolute atomic E-state index is 9.18. The molecule has 8 heteroatoms. The number of H-pyrrole nitrogens is 1. The monoisotopic (exact) mass is 453 g/mol. The third-order valence-corrected chi connectivity index (χ3v) is 6.72. The molecule has 0 radical (unpaired) electrons. The van der Waals surface area contributed by atoms with E-state index in [0.717, 1.165) is 66.0 Å². The van der Waals surface area contributed by atoms with E-state index in [2.05, 4.69) is 55.5 Å². The first-order valence-electron chi connectivity index (χ1n) is 11.8. The number of anilines is 3. The van der Waals surface area contributed by atoms with Gasteiger partial charge in [0.1, 0.15) is 0 Å². The van der Waals surface area contributed by atoms with Gasteiger partial charge in [0.25, 0.3) is 0 Å². The smallest absolute Gasteiger partial charge is 0.180 e. The van der Waals surface area contributed by atoms with Gasteiger partial charge in [0.15, 0.2) is 11.5 Å². The molecule has 1 aliphatic heterocycles. The number of aromatic nitrogens is 5. The lowest BCUT2D eigenvalue weighted by atomic mass is 9.93. The zero-order valence-electron chi connectivity index (χ0n) is 18.9. The molecule has 0 spiro atoms. The molecule has 0 saturated carbocycles. The Kier molecular flexibility index (Phi) is 5.35. The maximum Gasteiger partial charge on any atom is 0.180 e. The van der Waals surface area contributed by atoms with E-state index in [1.165, 1.54) is 5.69 Å². The van der Waals surface area contributed by atoms with Gasteiger partial charge in [0.2, 0.25) is 0 Å². The lowest BCUT2D eigenvalue weighted by Crippen LogP contribution is -2.33. The standard InChI is InChI=1S/C26H27N7O/c34-14-8-18-6-11-32(12-7-18)21-3-1-20(2-4-21)30-25-26-28-10-13-33(26)17-24(31-25)19-15-23-22(29-16-19)5-9-27-23/h1-5,9-10,13,15-18,27,34H,6-8,11-12,14H2,(H,30,31). The number of benzene rings is 1. The Morgan fingerprint density at radius 3 is 2.76 bits per heavy atom. The molecule has 3 N–H and O–H groups in total. The first-order valence-corrected chi connectivity index (χ1v) is 11.8. The summed E-state index contributed by atoms with van der Waals surface area (Å²) in [7, 11) is 0. The molecule has 0 atom stereocenters. The van der Waals surface area contributed by atoms with Gasteiger partial charge in [0.05, 0.1) is 16.7 Å². The predicted molar refractivity (Wildman–Crippen MR) is 134 cm³/mol. The van der Waals surface area contributed by atoms with E-state index in [4.69, 9.17) is 4.98 Å². The molecular weight excluding hydrogens is 426 g/mol. The minimum absolute atomic E-state index is 0.293. The van der Waals surface area contributed by atoms with Crippen molar-refractivity contribution in [2.24, 2.45) is 5.92 Å². The van der Waals surface area contributed by atoms with E-state index < -0.39 is 0 Å². The van der Waals surface area contributed by atoms with Crippen LogP contribution in [0.2, 0.25) is 0 Å². The molecule has 1 aliphatic rings. The highest BCUT2D eigenvalue weighted by atomic mass is 16.3. The Morgan fingerprint density at radius 2 is 1.94 bits per heavy atom. The van der Waals surface area contributed by atoms with Gasteiger partial charge in [0, 0.05) is 67.6 Å². The van der Waals surface area contributed by atoms with Crippen molar-refractivity contribution in [2.45, 2.75) is 19.3 Å². The lowest BCUT2D eigenvalue weighted by Gasteiger charge is -2.33. The van der Waals surface area contributed by atoms with E-state index in [1.807, 2.05) is 35.3 Å². The van der Waals surface area contributed by atoms with Gasteiger partial charge in [-0.3, -0.25) is 4.98 Å². The average Bonchev–Trinajstić information content (AvgIpc) is 3.54. The number of aliphatic hydroxyl groups excluding tert-OH is 1. The summed E-state index contributed by atoms with van der Waals surface area (Å²) in [6.45, 7) is 2.37. The SMILES string of the molecule is OCCC1CCN(c2ccc(Nc3nc(-c4cnc5cc[nH]c5c4)cn4ccnc34)cc2)CC1. The Morgan fingerprint density at radius 1 is 1.09 bits per heavy atom. The highest BCUT2D eigenvalue weighted by Crippen LogP contribution is 2.29. The van der Waals surface area contributed by atoms with Crippen molar-refractivity contribution < 1.29 is 5.11 Å². The van der Waals surface area contributed by atoms with Gasteiger partial charge in [-0.15, -0.1) is 0 Å². The average molecular weight is 454 g/mol. The van der Waals surface area contributed by atoms with Crippen molar-refractivity contribution in [2.75, 3.05) is 29.9 Å². The topological polar surface area (TPSA) is 94.4 Å². The van der Waals surface area contributed by atoms with Gasteiger partial charge in [-0.2, -0.15) is 0 Å². The summed E-state index contributed by atoms with van der Waals surface area (Å²) < 4.78 is 1.98. The molecule has 1 saturated heterocycles. The predicted octanol–water partition coefficient (Wildman–Crippen LogP) is 4.62. The van der Waals surface area contributed by atoms with Crippen molar-refractivity contribution in [3.8, 4) is 11.3 Å². The highest BCUT2D eigenvalue weighted by Gasteiger charge is 2.19. The number of fused-ring (bicyclic) bond motifs is 2. The van der Waals surface area contributed by atoms with Crippen LogP contribution in [-0.2, 0) is 0 Å². The summed E-state index contributed by atoms with van der Waals surface area (Å²) >= 11 is 0. The number of imidazole rings is 1. The number of aromatic amines is 1. The molecule has 0 amide bonds. The third kappa shape index (κ3) is 3.97. The highest BCUT2D eigenvalue weighted by molar-refractivity contribution is 5.81. The summed E-state index contributed by atoms with van der Waals surface area (Å²) in [4.78, 5) is 19.6. The van der Waals surface area contributed by atoms with Crippen LogP contribution in [0, 0.1) is 5.92 Å². The van der Waals surface area contributed by atoms with Crippen LogP contribution >= 0.6 is 0 Å². The Hall–Kier alpha value is -3.91. The number of hydrogen-bond acceptors (Lipinski definition) is 6. The molecule has 6 rings (SSSR count). The first-order chi connectivity index (χ1) is 16.8. The van der Waals surface area contributed by atoms with Crippen LogP contribution < -0.4 is 10.2 Å². The van der Waals surface area contributed by atoms with Crippen molar-refractivity contribution in [3.63, 3.8) is 0 Å². The van der Waals surface area contributed by atoms with E-state index in [-0.39, 0.29) is 0 Å². The van der Waals surface area contributed by atoms with Crippen LogP contribution in [0.25, 0.3) is 27.9 Å². The molecule has 1 aromatic carbocycles. The molecule has 5 heterocycles. The van der Waals surface area contributed by atoms with Crippen molar-refractivity contribution >= 4 is 33.9 Å². The van der Waals surface area contributed by atoms with Crippen LogP contribution in [0.5, 0.6) is 0 Å². The summed E-state index contributed by atoms with van der Waals surface area (Å²) in [6.07, 6.45) is 12.6. The number of nitrogens with zero attached hydrogens (tertiary/aromatic N) is 5. The number of aliphatic hydroxyl groups is 1. The molecule has 172 valence electrons. The fraction of sp³-hybridized carbons (Fsp3) is 0.269. The Balaban J connectivity index is 1.24. The van der Waals surface area contributed by atoms with E-state index in [1.54, 1.807) is 6.20 Å². The maximum atomic E-state index is 9.18. The van der Waals surface area contributed by atoms with Gasteiger partial charge in [-0.25, -0.2) is 9.97 Å². The van der Waals surface area contributed by atoms with E-state index in [9.17, 15) is 5.11 Å². The molecule has 4 aromatic heterocycles. The van der Waals surface area contributed by atoms with Crippen LogP contribution in [-0.4, -0.2) is 49.1 Å². The van der Waals surface area contributed by atoms with Gasteiger partial charge < -0.3 is 24.7 Å². The quantitative estimate of drug-likeness (QED) is 0.347. The largest absolute Gasteiger partial charge is 0.396 e. The Bertz CT molecular complexity index is 1410. The van der Waals surface area contributed by atoms with Crippen molar-refractivity contribution in [3.05, 3.63) is 67.4 Å². The molecule has 0 unspecified atom stereocenters. The first kappa shape index (κ1) is 20.7. The van der Waals surface area contributed by atoms with Crippen LogP contribution in [0.15, 0.2) is 67.4 Å². The van der Waals surface area contributed by atoms with Gasteiger partial charge in [-0.05, 0) is 61.6 Å². The van der Waals surface area contributed by atoms with Gasteiger partial charge in [-0.1, -0.05) is 0 Å². The lowest BCUT2D eigenvalue weighted by molar-refractivity contribution is 0.240. The molecule has 5 aromatic rings. The Labute approximate surface area is 197 Å². The van der Waals surface area contributed by atoms with E-state index >= 15 is 0 Å². The summed E-state index contributed by atoms with van der Waals surface area (Å²) in [5.74, 6) is 1.34. The fourth-order valence-corrected chi connectivity index (χ4v) is 4.78. The van der Waals surface area contributed by atoms with Crippen LogP contribution in [0.3, 0.4) is 0 Å². The normalized spacial score (nSPS) is 14.8. The zero-order chi connectivity index (χ0) is 22.9. The van der Waals surface area contributed by atoms with Crippen LogP contribution in [0.1, 0.15) is 19.3 Å². The minimum atomic E-state index is 0.293. The summed E-state index contributed by atoms with van der Waals surface area (Å²) in [6, 6.07) is 12.5. The molecule has 0 aliphatic carbocycles. The molecule has 1 fully saturated rings. The minimum Gasteiger partial charge on any atom is -0.396 e. The number of rotatable bonds is 6. The number of nitrogens with one attached hydrogen (secondary N) is 2. The summed E-state index contributed by atoms with van der Waals surface area (Å²) in [5, 5.41) is 12.6. The number of piperidine rings is 1. The van der Waals surface area contributed by atoms with Gasteiger partial charge >= 0.3 is 0 Å². The number of hydrogen-bond donors (Lipinski definition) is 3. The van der Waals surface area contributed by atoms with E-state index in [0.29, 0.717) is 18.3 Å². The molecular formula is C26H27N7O. The fourth-order valence-electron chi connectivity index (χ4n) is 4.78. The summed E-state index contributed by atoms with van der Waals surface area (Å²) in [5.41, 5.74) is 6.64. The molecule has 8 nitrogen and oxygen atoms in total.